The standard InChI is InChI=1S/C28H36O/c1-21-8-7-13-28(2,20-21)26-12-6-11-23(17-26)15-25-16-24(18-27(29)19-25)14-22-9-4-3-5-10-22/h3-5,7,9-10,13,16,18-19,21,23,26,29H,6,8,11-12,14-15,17,20H2,1-2H3/t21-,23-,26-,28-/m0/s1. The van der Waals surface area contributed by atoms with E-state index in [0.29, 0.717) is 11.2 Å². The van der Waals surface area contributed by atoms with E-state index in [1.54, 1.807) is 0 Å². The van der Waals surface area contributed by atoms with Crippen LogP contribution >= 0.6 is 0 Å². The lowest BCUT2D eigenvalue weighted by Gasteiger charge is -2.43. The molecular weight excluding hydrogens is 352 g/mol. The van der Waals surface area contributed by atoms with Gasteiger partial charge in [-0.2, -0.15) is 0 Å². The zero-order valence-corrected chi connectivity index (χ0v) is 18.1. The second kappa shape index (κ2) is 8.78. The summed E-state index contributed by atoms with van der Waals surface area (Å²) >= 11 is 0. The molecule has 0 amide bonds. The molecule has 1 N–H and O–H groups in total. The summed E-state index contributed by atoms with van der Waals surface area (Å²) in [5, 5.41) is 10.3. The number of phenolic OH excluding ortho intramolecular Hbond substituents is 1. The van der Waals surface area contributed by atoms with E-state index in [0.717, 1.165) is 30.6 Å². The minimum absolute atomic E-state index is 0.383. The number of hydrogen-bond donors (Lipinski definition) is 1. The Balaban J connectivity index is 1.44. The van der Waals surface area contributed by atoms with E-state index in [9.17, 15) is 5.11 Å². The highest BCUT2D eigenvalue weighted by atomic mass is 16.3. The quantitative estimate of drug-likeness (QED) is 0.532. The van der Waals surface area contributed by atoms with E-state index in [2.05, 4.69) is 62.4 Å². The molecule has 0 bridgehead atoms. The van der Waals surface area contributed by atoms with Gasteiger partial charge in [0, 0.05) is 0 Å². The van der Waals surface area contributed by atoms with E-state index < -0.39 is 0 Å². The molecule has 2 aliphatic rings. The molecule has 0 spiro atoms. The summed E-state index contributed by atoms with van der Waals surface area (Å²) in [4.78, 5) is 0. The molecule has 0 heterocycles. The third-order valence-corrected chi connectivity index (χ3v) is 7.35. The number of rotatable bonds is 5. The molecule has 1 fully saturated rings. The van der Waals surface area contributed by atoms with Gasteiger partial charge in [0.15, 0.2) is 0 Å². The Morgan fingerprint density at radius 1 is 1.00 bits per heavy atom. The molecule has 2 aliphatic carbocycles. The fourth-order valence-electron chi connectivity index (χ4n) is 5.98. The fraction of sp³-hybridized carbons (Fsp3) is 0.500. The van der Waals surface area contributed by atoms with Gasteiger partial charge in [-0.05, 0) is 90.5 Å². The fourth-order valence-corrected chi connectivity index (χ4v) is 5.98. The zero-order chi connectivity index (χ0) is 20.3. The van der Waals surface area contributed by atoms with E-state index in [4.69, 9.17) is 0 Å². The van der Waals surface area contributed by atoms with Crippen molar-refractivity contribution in [1.29, 1.82) is 0 Å². The van der Waals surface area contributed by atoms with E-state index in [-0.39, 0.29) is 0 Å². The molecule has 0 aliphatic heterocycles. The molecule has 1 saturated carbocycles. The third kappa shape index (κ3) is 5.13. The van der Waals surface area contributed by atoms with Crippen molar-refractivity contribution >= 4 is 0 Å². The first-order chi connectivity index (χ1) is 14.0. The Morgan fingerprint density at radius 2 is 1.79 bits per heavy atom. The normalized spacial score (nSPS) is 29.7. The van der Waals surface area contributed by atoms with E-state index in [1.807, 2.05) is 12.1 Å². The first kappa shape index (κ1) is 20.3. The number of hydrogen-bond acceptors (Lipinski definition) is 1. The van der Waals surface area contributed by atoms with Crippen LogP contribution in [0.3, 0.4) is 0 Å². The van der Waals surface area contributed by atoms with Gasteiger partial charge in [0.05, 0.1) is 0 Å². The SMILES string of the molecule is C[C@H]1CC=C[C@](C)([C@H]2CCC[C@@H](Cc3cc(O)cc(Cc4ccccc4)c3)C2)C1. The average molecular weight is 389 g/mol. The van der Waals surface area contributed by atoms with Gasteiger partial charge in [-0.25, -0.2) is 0 Å². The molecule has 2 aromatic rings. The number of phenols is 1. The summed E-state index contributed by atoms with van der Waals surface area (Å²) in [6, 6.07) is 16.8. The minimum atomic E-state index is 0.383. The van der Waals surface area contributed by atoms with Crippen LogP contribution in [0.1, 0.15) is 69.1 Å². The average Bonchev–Trinajstić information content (AvgIpc) is 2.68. The van der Waals surface area contributed by atoms with Gasteiger partial charge < -0.3 is 5.11 Å². The van der Waals surface area contributed by atoms with Gasteiger partial charge in [0.2, 0.25) is 0 Å². The lowest BCUT2D eigenvalue weighted by Crippen LogP contribution is -2.33. The summed E-state index contributed by atoms with van der Waals surface area (Å²) in [7, 11) is 0. The maximum Gasteiger partial charge on any atom is 0.116 e. The molecule has 2 aromatic carbocycles. The highest BCUT2D eigenvalue weighted by molar-refractivity contribution is 5.36. The van der Waals surface area contributed by atoms with E-state index in [1.165, 1.54) is 55.2 Å². The predicted octanol–water partition coefficient (Wildman–Crippen LogP) is 7.32. The number of benzene rings is 2. The summed E-state index contributed by atoms with van der Waals surface area (Å²) in [6.07, 6.45) is 14.9. The molecule has 0 aromatic heterocycles. The maximum atomic E-state index is 10.3. The molecule has 0 saturated heterocycles. The Morgan fingerprint density at radius 3 is 2.59 bits per heavy atom. The van der Waals surface area contributed by atoms with Gasteiger partial charge in [-0.3, -0.25) is 0 Å². The van der Waals surface area contributed by atoms with Crippen LogP contribution < -0.4 is 0 Å². The smallest absolute Gasteiger partial charge is 0.116 e. The molecule has 4 atom stereocenters. The van der Waals surface area contributed by atoms with Crippen molar-refractivity contribution in [2.45, 2.75) is 65.2 Å². The van der Waals surface area contributed by atoms with Crippen LogP contribution in [-0.4, -0.2) is 5.11 Å². The van der Waals surface area contributed by atoms with Crippen LogP contribution in [0.5, 0.6) is 5.75 Å². The van der Waals surface area contributed by atoms with E-state index >= 15 is 0 Å². The molecular formula is C28H36O. The molecule has 154 valence electrons. The Hall–Kier alpha value is -2.02. The second-order valence-corrected chi connectivity index (χ2v) is 10.1. The largest absolute Gasteiger partial charge is 0.508 e. The van der Waals surface area contributed by atoms with Crippen molar-refractivity contribution in [3.63, 3.8) is 0 Å². The molecule has 1 nitrogen and oxygen atoms in total. The van der Waals surface area contributed by atoms with Gasteiger partial charge in [-0.15, -0.1) is 0 Å². The minimum Gasteiger partial charge on any atom is -0.508 e. The van der Waals surface area contributed by atoms with Gasteiger partial charge in [-0.1, -0.05) is 75.2 Å². The Bertz CT molecular complexity index is 837. The summed E-state index contributed by atoms with van der Waals surface area (Å²) in [5.41, 5.74) is 4.20. The molecule has 1 heteroatoms. The summed E-state index contributed by atoms with van der Waals surface area (Å²) in [5.74, 6) is 2.78. The van der Waals surface area contributed by atoms with Crippen LogP contribution in [0.15, 0.2) is 60.7 Å². The maximum absolute atomic E-state index is 10.3. The lowest BCUT2D eigenvalue weighted by atomic mass is 9.61. The van der Waals surface area contributed by atoms with Crippen molar-refractivity contribution in [2.24, 2.45) is 23.2 Å². The van der Waals surface area contributed by atoms with Crippen molar-refractivity contribution in [1.82, 2.24) is 0 Å². The highest BCUT2D eigenvalue weighted by Gasteiger charge is 2.37. The van der Waals surface area contributed by atoms with Crippen LogP contribution in [0, 0.1) is 23.2 Å². The lowest BCUT2D eigenvalue weighted by molar-refractivity contribution is 0.119. The first-order valence-electron chi connectivity index (χ1n) is 11.5. The zero-order valence-electron chi connectivity index (χ0n) is 18.1. The Labute approximate surface area is 176 Å². The van der Waals surface area contributed by atoms with Gasteiger partial charge in [0.1, 0.15) is 5.75 Å². The third-order valence-electron chi connectivity index (χ3n) is 7.35. The van der Waals surface area contributed by atoms with Gasteiger partial charge in [0.25, 0.3) is 0 Å². The molecule has 0 radical (unpaired) electrons. The van der Waals surface area contributed by atoms with Crippen molar-refractivity contribution in [2.75, 3.05) is 0 Å². The van der Waals surface area contributed by atoms with Crippen LogP contribution in [-0.2, 0) is 12.8 Å². The topological polar surface area (TPSA) is 20.2 Å². The monoisotopic (exact) mass is 388 g/mol. The second-order valence-electron chi connectivity index (χ2n) is 10.1. The highest BCUT2D eigenvalue weighted by Crippen LogP contribution is 2.48. The van der Waals surface area contributed by atoms with Crippen molar-refractivity contribution < 1.29 is 5.11 Å². The van der Waals surface area contributed by atoms with Crippen molar-refractivity contribution in [3.8, 4) is 5.75 Å². The molecule has 0 unspecified atom stereocenters. The van der Waals surface area contributed by atoms with Crippen molar-refractivity contribution in [3.05, 3.63) is 77.4 Å². The van der Waals surface area contributed by atoms with Crippen LogP contribution in [0.25, 0.3) is 0 Å². The molecule has 4 rings (SSSR count). The Kier molecular flexibility index (Phi) is 6.13. The predicted molar refractivity (Wildman–Crippen MR) is 122 cm³/mol. The van der Waals surface area contributed by atoms with Gasteiger partial charge >= 0.3 is 0 Å². The summed E-state index contributed by atoms with van der Waals surface area (Å²) in [6.45, 7) is 4.90. The molecule has 29 heavy (non-hydrogen) atoms. The van der Waals surface area contributed by atoms with Crippen LogP contribution in [0.4, 0.5) is 0 Å². The summed E-state index contributed by atoms with van der Waals surface area (Å²) < 4.78 is 0. The first-order valence-corrected chi connectivity index (χ1v) is 11.5. The van der Waals surface area contributed by atoms with Crippen LogP contribution in [0.2, 0.25) is 0 Å². The number of aromatic hydroxyl groups is 1. The number of allylic oxidation sites excluding steroid dienone is 2.